The first-order chi connectivity index (χ1) is 14.6. The number of nitrogens with one attached hydrogen (secondary N) is 3. The highest BCUT2D eigenvalue weighted by Gasteiger charge is 2.20. The van der Waals surface area contributed by atoms with Crippen LogP contribution in [0, 0.1) is 0 Å². The van der Waals surface area contributed by atoms with Gasteiger partial charge in [-0.25, -0.2) is 9.78 Å². The Labute approximate surface area is 174 Å². The highest BCUT2D eigenvalue weighted by Crippen LogP contribution is 2.23. The third-order valence-corrected chi connectivity index (χ3v) is 5.44. The molecule has 0 bridgehead atoms. The van der Waals surface area contributed by atoms with E-state index in [1.54, 1.807) is 28.6 Å². The number of aromatic nitrogens is 5. The van der Waals surface area contributed by atoms with Gasteiger partial charge in [-0.1, -0.05) is 6.07 Å². The van der Waals surface area contributed by atoms with Gasteiger partial charge in [-0.2, -0.15) is 9.61 Å². The lowest BCUT2D eigenvalue weighted by atomic mass is 10.3. The van der Waals surface area contributed by atoms with Crippen LogP contribution in [0.2, 0.25) is 0 Å². The molecule has 1 saturated carbocycles. The molecule has 3 aromatic heterocycles. The number of aromatic hydroxyl groups is 1. The minimum absolute atomic E-state index is 0.231. The van der Waals surface area contributed by atoms with Crippen molar-refractivity contribution >= 4 is 35.0 Å². The summed E-state index contributed by atoms with van der Waals surface area (Å²) in [7, 11) is 0. The van der Waals surface area contributed by atoms with Crippen LogP contribution < -0.4 is 21.7 Å². The van der Waals surface area contributed by atoms with E-state index < -0.39 is 5.69 Å². The van der Waals surface area contributed by atoms with Crippen molar-refractivity contribution in [3.63, 3.8) is 0 Å². The average Bonchev–Trinajstić information content (AvgIpc) is 3.37. The van der Waals surface area contributed by atoms with Crippen LogP contribution >= 0.6 is 11.8 Å². The molecule has 4 N–H and O–H groups in total. The van der Waals surface area contributed by atoms with Crippen LogP contribution in [0.5, 0.6) is 5.88 Å². The zero-order valence-electron chi connectivity index (χ0n) is 16.1. The molecule has 0 unspecified atom stereocenters. The number of hydrogen-bond donors (Lipinski definition) is 4. The summed E-state index contributed by atoms with van der Waals surface area (Å²) in [4.78, 5) is 26.9. The maximum Gasteiger partial charge on any atom is 0.326 e. The van der Waals surface area contributed by atoms with Crippen LogP contribution in [0.25, 0.3) is 11.7 Å². The van der Waals surface area contributed by atoms with Crippen LogP contribution in [0.3, 0.4) is 0 Å². The summed E-state index contributed by atoms with van der Waals surface area (Å²) in [5.41, 5.74) is 1.99. The Morgan fingerprint density at radius 1 is 1.33 bits per heavy atom. The second-order valence-electron chi connectivity index (χ2n) is 7.04. The molecule has 3 heterocycles. The predicted molar refractivity (Wildman–Crippen MR) is 115 cm³/mol. The lowest BCUT2D eigenvalue weighted by molar-refractivity contribution is 0.454. The standard InChI is InChI=1S/C20H19N7O2S/c1-30-14-4-2-3-13(8-14)22-16-9-17(23-12-5-6-12)27-18(25-16)11(10-21-27)7-15-19(28)26-20(29)24-15/h2-4,7-10,12,22,28H,5-6H2,1H3,(H2,24,26,29)/b11-7-,23-17?. The number of rotatable bonds is 5. The topological polar surface area (TPSA) is 123 Å². The molecule has 0 saturated heterocycles. The molecule has 9 nitrogen and oxygen atoms in total. The molecule has 5 rings (SSSR count). The van der Waals surface area contributed by atoms with Crippen molar-refractivity contribution < 1.29 is 5.11 Å². The van der Waals surface area contributed by atoms with E-state index in [-0.39, 0.29) is 11.6 Å². The van der Waals surface area contributed by atoms with Gasteiger partial charge in [-0.05, 0) is 43.4 Å². The fraction of sp³-hybridized carbons (Fsp3) is 0.200. The van der Waals surface area contributed by atoms with Crippen molar-refractivity contribution in [1.82, 2.24) is 24.6 Å². The number of nitrogens with zero attached hydrogens (tertiary/aromatic N) is 4. The summed E-state index contributed by atoms with van der Waals surface area (Å²) in [6, 6.07) is 10.3. The zero-order valence-corrected chi connectivity index (χ0v) is 16.9. The van der Waals surface area contributed by atoms with E-state index in [1.165, 1.54) is 0 Å². The zero-order chi connectivity index (χ0) is 20.7. The number of benzene rings is 1. The average molecular weight is 421 g/mol. The molecule has 30 heavy (non-hydrogen) atoms. The maximum atomic E-state index is 11.4. The van der Waals surface area contributed by atoms with Crippen molar-refractivity contribution in [2.24, 2.45) is 4.99 Å². The van der Waals surface area contributed by atoms with E-state index in [0.29, 0.717) is 28.2 Å². The first kappa shape index (κ1) is 18.5. The first-order valence-electron chi connectivity index (χ1n) is 9.46. The highest BCUT2D eigenvalue weighted by atomic mass is 32.2. The van der Waals surface area contributed by atoms with Gasteiger partial charge in [0.25, 0.3) is 0 Å². The molecule has 1 aliphatic carbocycles. The molecule has 1 aromatic carbocycles. The molecule has 0 amide bonds. The van der Waals surface area contributed by atoms with Gasteiger partial charge in [0.15, 0.2) is 11.1 Å². The Hall–Kier alpha value is -3.53. The van der Waals surface area contributed by atoms with Crippen LogP contribution in [0.1, 0.15) is 18.5 Å². The summed E-state index contributed by atoms with van der Waals surface area (Å²) < 4.78 is 1.68. The largest absolute Gasteiger partial charge is 0.493 e. The molecular weight excluding hydrogens is 402 g/mol. The van der Waals surface area contributed by atoms with Gasteiger partial charge in [0.2, 0.25) is 5.88 Å². The number of imidazole rings is 1. The predicted octanol–water partition coefficient (Wildman–Crippen LogP) is 1.53. The van der Waals surface area contributed by atoms with Crippen molar-refractivity contribution in [3.05, 3.63) is 63.4 Å². The van der Waals surface area contributed by atoms with E-state index in [9.17, 15) is 9.90 Å². The molecule has 152 valence electrons. The molecule has 0 spiro atoms. The Bertz CT molecular complexity index is 1420. The van der Waals surface area contributed by atoms with Crippen LogP contribution in [0.4, 0.5) is 11.5 Å². The van der Waals surface area contributed by atoms with Gasteiger partial charge < -0.3 is 15.4 Å². The SMILES string of the molecule is CSc1cccc(Nc2cc(=NC3CC3)n3nc/c(=C/c4[nH]c(=O)[nH]c4O)c3n2)c1. The number of thioether (sulfide) groups is 1. The monoisotopic (exact) mass is 421 g/mol. The van der Waals surface area contributed by atoms with E-state index in [0.717, 1.165) is 23.4 Å². The molecule has 1 fully saturated rings. The number of aromatic amines is 2. The number of fused-ring (bicyclic) bond motifs is 1. The third kappa shape index (κ3) is 3.69. The quantitative estimate of drug-likeness (QED) is 0.362. The maximum absolute atomic E-state index is 11.4. The Morgan fingerprint density at radius 2 is 2.20 bits per heavy atom. The van der Waals surface area contributed by atoms with Crippen molar-refractivity contribution in [3.8, 4) is 5.88 Å². The second kappa shape index (κ2) is 7.38. The van der Waals surface area contributed by atoms with Crippen molar-refractivity contribution in [1.29, 1.82) is 0 Å². The van der Waals surface area contributed by atoms with Crippen LogP contribution in [-0.2, 0) is 0 Å². The summed E-state index contributed by atoms with van der Waals surface area (Å²) in [5, 5.41) is 18.3. The highest BCUT2D eigenvalue weighted by molar-refractivity contribution is 7.98. The minimum atomic E-state index is -0.483. The lowest BCUT2D eigenvalue weighted by Gasteiger charge is -2.07. The first-order valence-corrected chi connectivity index (χ1v) is 10.7. The van der Waals surface area contributed by atoms with Gasteiger partial charge in [-0.3, -0.25) is 9.98 Å². The molecule has 0 aliphatic heterocycles. The fourth-order valence-corrected chi connectivity index (χ4v) is 3.57. The van der Waals surface area contributed by atoms with E-state index in [2.05, 4.69) is 32.5 Å². The van der Waals surface area contributed by atoms with Gasteiger partial charge in [0.1, 0.15) is 11.5 Å². The molecule has 1 aliphatic rings. The Balaban J connectivity index is 1.66. The minimum Gasteiger partial charge on any atom is -0.493 e. The summed E-state index contributed by atoms with van der Waals surface area (Å²) in [6.07, 6.45) is 7.44. The van der Waals surface area contributed by atoms with Gasteiger partial charge >= 0.3 is 5.69 Å². The summed E-state index contributed by atoms with van der Waals surface area (Å²) in [5.74, 6) is 0.410. The second-order valence-corrected chi connectivity index (χ2v) is 7.92. The fourth-order valence-electron chi connectivity index (χ4n) is 3.11. The molecule has 0 atom stereocenters. The lowest BCUT2D eigenvalue weighted by Crippen LogP contribution is -2.19. The Morgan fingerprint density at radius 3 is 2.93 bits per heavy atom. The Kier molecular flexibility index (Phi) is 4.55. The number of hydrogen-bond acceptors (Lipinski definition) is 7. The number of anilines is 2. The van der Waals surface area contributed by atoms with E-state index in [4.69, 9.17) is 9.98 Å². The molecule has 0 radical (unpaired) electrons. The van der Waals surface area contributed by atoms with E-state index >= 15 is 0 Å². The summed E-state index contributed by atoms with van der Waals surface area (Å²) in [6.45, 7) is 0. The third-order valence-electron chi connectivity index (χ3n) is 4.72. The number of H-pyrrole nitrogens is 2. The van der Waals surface area contributed by atoms with Crippen LogP contribution in [0.15, 0.2) is 51.2 Å². The van der Waals surface area contributed by atoms with Gasteiger partial charge in [0.05, 0.1) is 12.2 Å². The molecular formula is C20H19N7O2S. The molecule has 4 aromatic rings. The normalized spacial score (nSPS) is 15.2. The van der Waals surface area contributed by atoms with Crippen LogP contribution in [-0.4, -0.2) is 42.0 Å². The van der Waals surface area contributed by atoms with Crippen molar-refractivity contribution in [2.75, 3.05) is 11.6 Å². The van der Waals surface area contributed by atoms with Gasteiger partial charge in [-0.15, -0.1) is 11.8 Å². The smallest absolute Gasteiger partial charge is 0.326 e. The van der Waals surface area contributed by atoms with Crippen molar-refractivity contribution in [2.45, 2.75) is 23.8 Å². The summed E-state index contributed by atoms with van der Waals surface area (Å²) >= 11 is 1.67. The van der Waals surface area contributed by atoms with E-state index in [1.807, 2.05) is 24.5 Å². The van der Waals surface area contributed by atoms with Gasteiger partial charge in [0, 0.05) is 21.9 Å². The molecule has 10 heteroatoms.